The van der Waals surface area contributed by atoms with Crippen LogP contribution in [0.5, 0.6) is 0 Å². The Kier molecular flexibility index (Phi) is 3.02. The van der Waals surface area contributed by atoms with Gasteiger partial charge in [0.1, 0.15) is 0 Å². The Bertz CT molecular complexity index is 185. The number of halogens is 2. The molecule has 2 aliphatic rings. The monoisotopic (exact) mass is 204 g/mol. The van der Waals surface area contributed by atoms with Crippen LogP contribution in [0.25, 0.3) is 0 Å². The van der Waals surface area contributed by atoms with E-state index in [0.29, 0.717) is 18.1 Å². The van der Waals surface area contributed by atoms with Crippen molar-refractivity contribution in [1.29, 1.82) is 0 Å². The maximum Gasteiger partial charge on any atom is 0.250 e. The molecule has 2 bridgehead atoms. The molecule has 4 heteroatoms. The molecule has 2 aliphatic heterocycles. The highest BCUT2D eigenvalue weighted by Gasteiger charge is 2.38. The topological polar surface area (TPSA) is 15.3 Å². The number of hydrogen-bond donors (Lipinski definition) is 1. The van der Waals surface area contributed by atoms with Gasteiger partial charge in [-0.25, -0.2) is 8.78 Å². The van der Waals surface area contributed by atoms with E-state index in [-0.39, 0.29) is 6.54 Å². The minimum Gasteiger partial charge on any atom is -0.309 e. The lowest BCUT2D eigenvalue weighted by Crippen LogP contribution is -2.48. The summed E-state index contributed by atoms with van der Waals surface area (Å²) in [7, 11) is 2.16. The molecule has 2 unspecified atom stereocenters. The molecule has 0 aromatic carbocycles. The van der Waals surface area contributed by atoms with Gasteiger partial charge in [-0.2, -0.15) is 0 Å². The van der Waals surface area contributed by atoms with Crippen molar-refractivity contribution < 1.29 is 8.78 Å². The van der Waals surface area contributed by atoms with E-state index in [1.807, 2.05) is 0 Å². The summed E-state index contributed by atoms with van der Waals surface area (Å²) in [5, 5.41) is 2.97. The number of piperidine rings is 1. The molecule has 0 saturated carbocycles. The largest absolute Gasteiger partial charge is 0.309 e. The first-order chi connectivity index (χ1) is 6.66. The summed E-state index contributed by atoms with van der Waals surface area (Å²) in [6.07, 6.45) is 2.36. The third kappa shape index (κ3) is 2.06. The van der Waals surface area contributed by atoms with Crippen molar-refractivity contribution in [3.63, 3.8) is 0 Å². The Morgan fingerprint density at radius 2 is 1.86 bits per heavy atom. The number of nitrogens with zero attached hydrogens (tertiary/aromatic N) is 1. The highest BCUT2D eigenvalue weighted by Crippen LogP contribution is 2.34. The van der Waals surface area contributed by atoms with E-state index in [0.717, 1.165) is 12.8 Å². The van der Waals surface area contributed by atoms with Crippen LogP contribution in [0, 0.1) is 0 Å². The third-order valence-corrected chi connectivity index (χ3v) is 3.66. The molecule has 14 heavy (non-hydrogen) atoms. The van der Waals surface area contributed by atoms with Gasteiger partial charge in [0.05, 0.1) is 6.54 Å². The number of rotatable bonds is 3. The molecule has 0 aromatic heterocycles. The van der Waals surface area contributed by atoms with Gasteiger partial charge in [0, 0.05) is 18.1 Å². The molecule has 2 nitrogen and oxygen atoms in total. The molecule has 2 atom stereocenters. The van der Waals surface area contributed by atoms with E-state index in [4.69, 9.17) is 0 Å². The van der Waals surface area contributed by atoms with E-state index in [1.165, 1.54) is 12.8 Å². The van der Waals surface area contributed by atoms with Crippen molar-refractivity contribution >= 4 is 0 Å². The molecule has 0 spiro atoms. The molecular formula is C10H18F2N2. The molecule has 2 saturated heterocycles. The Morgan fingerprint density at radius 3 is 2.36 bits per heavy atom. The quantitative estimate of drug-likeness (QED) is 0.749. The molecule has 0 amide bonds. The normalized spacial score (nSPS) is 38.1. The zero-order valence-corrected chi connectivity index (χ0v) is 8.55. The second kappa shape index (κ2) is 4.11. The number of nitrogens with one attached hydrogen (secondary N) is 1. The smallest absolute Gasteiger partial charge is 0.250 e. The summed E-state index contributed by atoms with van der Waals surface area (Å²) in [4.78, 5) is 2.42. The second-order valence-corrected chi connectivity index (χ2v) is 4.52. The van der Waals surface area contributed by atoms with Crippen molar-refractivity contribution in [3.8, 4) is 0 Å². The second-order valence-electron chi connectivity index (χ2n) is 4.52. The van der Waals surface area contributed by atoms with E-state index in [1.54, 1.807) is 0 Å². The molecule has 2 heterocycles. The number of fused-ring (bicyclic) bond motifs is 2. The molecule has 2 fully saturated rings. The van der Waals surface area contributed by atoms with Crippen molar-refractivity contribution in [3.05, 3.63) is 0 Å². The van der Waals surface area contributed by atoms with Gasteiger partial charge in [-0.3, -0.25) is 0 Å². The predicted octanol–water partition coefficient (Wildman–Crippen LogP) is 1.47. The molecule has 0 aliphatic carbocycles. The first-order valence-electron chi connectivity index (χ1n) is 5.40. The molecule has 2 rings (SSSR count). The summed E-state index contributed by atoms with van der Waals surface area (Å²) >= 11 is 0. The van der Waals surface area contributed by atoms with Crippen molar-refractivity contribution in [2.75, 3.05) is 13.6 Å². The maximum absolute atomic E-state index is 12.0. The summed E-state index contributed by atoms with van der Waals surface area (Å²) in [6, 6.07) is 1.57. The first-order valence-corrected chi connectivity index (χ1v) is 5.40. The fraction of sp³-hybridized carbons (Fsp3) is 1.00. The van der Waals surface area contributed by atoms with Gasteiger partial charge in [0.15, 0.2) is 0 Å². The van der Waals surface area contributed by atoms with Crippen LogP contribution in [0.4, 0.5) is 8.78 Å². The first kappa shape index (κ1) is 10.3. The highest BCUT2D eigenvalue weighted by molar-refractivity contribution is 4.95. The van der Waals surface area contributed by atoms with Gasteiger partial charge >= 0.3 is 0 Å². The Morgan fingerprint density at radius 1 is 1.29 bits per heavy atom. The average molecular weight is 204 g/mol. The molecule has 0 aromatic rings. The summed E-state index contributed by atoms with van der Waals surface area (Å²) in [5.41, 5.74) is 0. The van der Waals surface area contributed by atoms with Gasteiger partial charge < -0.3 is 10.2 Å². The Labute approximate surface area is 83.7 Å². The minimum absolute atomic E-state index is 0.145. The molecule has 82 valence electrons. The fourth-order valence-corrected chi connectivity index (χ4v) is 2.83. The van der Waals surface area contributed by atoms with Crippen LogP contribution in [-0.4, -0.2) is 43.0 Å². The van der Waals surface area contributed by atoms with E-state index in [9.17, 15) is 8.78 Å². The van der Waals surface area contributed by atoms with Crippen LogP contribution in [0.2, 0.25) is 0 Å². The van der Waals surface area contributed by atoms with Gasteiger partial charge in [-0.15, -0.1) is 0 Å². The van der Waals surface area contributed by atoms with Crippen molar-refractivity contribution in [2.24, 2.45) is 0 Å². The summed E-state index contributed by atoms with van der Waals surface area (Å²) in [6.45, 7) is -0.145. The van der Waals surface area contributed by atoms with Crippen molar-refractivity contribution in [1.82, 2.24) is 10.2 Å². The lowest BCUT2D eigenvalue weighted by atomic mass is 9.98. The van der Waals surface area contributed by atoms with E-state index in [2.05, 4.69) is 17.3 Å². The highest BCUT2D eigenvalue weighted by atomic mass is 19.3. The minimum atomic E-state index is -2.22. The zero-order valence-electron chi connectivity index (χ0n) is 8.55. The van der Waals surface area contributed by atoms with Gasteiger partial charge in [0.25, 0.3) is 6.43 Å². The van der Waals surface area contributed by atoms with Crippen LogP contribution in [0.3, 0.4) is 0 Å². The zero-order chi connectivity index (χ0) is 10.1. The van der Waals surface area contributed by atoms with Crippen LogP contribution in [0.1, 0.15) is 25.7 Å². The molecule has 1 N–H and O–H groups in total. The third-order valence-electron chi connectivity index (χ3n) is 3.66. The maximum atomic E-state index is 12.0. The van der Waals surface area contributed by atoms with Crippen LogP contribution in [-0.2, 0) is 0 Å². The lowest BCUT2D eigenvalue weighted by molar-refractivity contribution is 0.114. The summed E-state index contributed by atoms with van der Waals surface area (Å²) < 4.78 is 24.0. The van der Waals surface area contributed by atoms with Crippen molar-refractivity contribution in [2.45, 2.75) is 50.2 Å². The predicted molar refractivity (Wildman–Crippen MR) is 51.6 cm³/mol. The van der Waals surface area contributed by atoms with Gasteiger partial charge in [-0.05, 0) is 32.7 Å². The van der Waals surface area contributed by atoms with E-state index >= 15 is 0 Å². The van der Waals surface area contributed by atoms with Crippen LogP contribution in [0.15, 0.2) is 0 Å². The van der Waals surface area contributed by atoms with Crippen LogP contribution >= 0.6 is 0 Å². The van der Waals surface area contributed by atoms with Crippen LogP contribution < -0.4 is 5.32 Å². The van der Waals surface area contributed by atoms with Gasteiger partial charge in [-0.1, -0.05) is 0 Å². The van der Waals surface area contributed by atoms with Gasteiger partial charge in [0.2, 0.25) is 0 Å². The fourth-order valence-electron chi connectivity index (χ4n) is 2.83. The lowest BCUT2D eigenvalue weighted by Gasteiger charge is -2.36. The summed E-state index contributed by atoms with van der Waals surface area (Å²) in [5.74, 6) is 0. The molecular weight excluding hydrogens is 186 g/mol. The molecule has 0 radical (unpaired) electrons. The van der Waals surface area contributed by atoms with E-state index < -0.39 is 6.43 Å². The SMILES string of the molecule is CN1C2CCC1CC(NCC(F)F)C2. The Balaban J connectivity index is 1.81. The number of alkyl halides is 2. The number of hydrogen-bond acceptors (Lipinski definition) is 2. The Hall–Kier alpha value is -0.220. The standard InChI is InChI=1S/C10H18F2N2/c1-14-8-2-3-9(14)5-7(4-8)13-6-10(11)12/h7-10,13H,2-6H2,1H3. The average Bonchev–Trinajstić information content (AvgIpc) is 2.41.